The molecule has 1 aromatic carbocycles. The summed E-state index contributed by atoms with van der Waals surface area (Å²) in [5.74, 6) is -0.940. The summed E-state index contributed by atoms with van der Waals surface area (Å²) in [5, 5.41) is 5.17. The summed E-state index contributed by atoms with van der Waals surface area (Å²) < 4.78 is 4.89. The maximum atomic E-state index is 11.8. The molecular formula is C16H23N3O4. The lowest BCUT2D eigenvalue weighted by molar-refractivity contribution is -0.135. The van der Waals surface area contributed by atoms with Crippen molar-refractivity contribution in [2.75, 3.05) is 38.7 Å². The third-order valence-corrected chi connectivity index (χ3v) is 3.13. The molecule has 0 aliphatic carbocycles. The second-order valence-electron chi connectivity index (χ2n) is 5.12. The molecule has 7 heteroatoms. The van der Waals surface area contributed by atoms with E-state index in [-0.39, 0.29) is 24.9 Å². The van der Waals surface area contributed by atoms with Crippen LogP contribution in [-0.2, 0) is 19.1 Å². The van der Waals surface area contributed by atoms with Crippen molar-refractivity contribution in [1.82, 2.24) is 10.2 Å². The lowest BCUT2D eigenvalue weighted by atomic mass is 10.2. The first-order valence-electron chi connectivity index (χ1n) is 7.30. The molecule has 0 aliphatic rings. The van der Waals surface area contributed by atoms with E-state index >= 15 is 0 Å². The van der Waals surface area contributed by atoms with Crippen LogP contribution in [0.3, 0.4) is 0 Å². The second kappa shape index (κ2) is 9.58. The van der Waals surface area contributed by atoms with Crippen molar-refractivity contribution in [3.63, 3.8) is 0 Å². The number of anilines is 1. The number of ether oxygens (including phenoxy) is 1. The molecule has 0 heterocycles. The molecule has 126 valence electrons. The van der Waals surface area contributed by atoms with Gasteiger partial charge in [0.15, 0.2) is 0 Å². The van der Waals surface area contributed by atoms with Crippen LogP contribution in [0.5, 0.6) is 0 Å². The normalized spacial score (nSPS) is 10.0. The van der Waals surface area contributed by atoms with Gasteiger partial charge in [0.25, 0.3) is 0 Å². The molecule has 0 fully saturated rings. The highest BCUT2D eigenvalue weighted by Gasteiger charge is 2.14. The molecule has 0 spiro atoms. The Morgan fingerprint density at radius 2 is 1.78 bits per heavy atom. The van der Waals surface area contributed by atoms with Crippen LogP contribution in [0.2, 0.25) is 0 Å². The fraction of sp³-hybridized carbons (Fsp3) is 0.438. The number of methoxy groups -OCH3 is 1. The Morgan fingerprint density at radius 1 is 1.13 bits per heavy atom. The molecule has 0 atom stereocenters. The Hall–Kier alpha value is -2.41. The number of nitrogens with zero attached hydrogens (tertiary/aromatic N) is 1. The van der Waals surface area contributed by atoms with Gasteiger partial charge >= 0.3 is 0 Å². The van der Waals surface area contributed by atoms with Gasteiger partial charge in [-0.05, 0) is 19.1 Å². The van der Waals surface area contributed by atoms with Gasteiger partial charge in [-0.15, -0.1) is 0 Å². The Kier molecular flexibility index (Phi) is 7.76. The van der Waals surface area contributed by atoms with Crippen molar-refractivity contribution in [2.24, 2.45) is 0 Å². The molecule has 0 saturated heterocycles. The van der Waals surface area contributed by atoms with Crippen molar-refractivity contribution in [1.29, 1.82) is 0 Å². The van der Waals surface area contributed by atoms with E-state index in [9.17, 15) is 14.4 Å². The molecule has 0 bridgehead atoms. The van der Waals surface area contributed by atoms with Crippen molar-refractivity contribution >= 4 is 23.4 Å². The molecule has 1 aromatic rings. The number of carbonyl (C=O) groups is 3. The first-order chi connectivity index (χ1) is 10.9. The largest absolute Gasteiger partial charge is 0.383 e. The quantitative estimate of drug-likeness (QED) is 0.732. The van der Waals surface area contributed by atoms with Gasteiger partial charge in [0.05, 0.1) is 19.7 Å². The number of carbonyl (C=O) groups excluding carboxylic acids is 3. The standard InChI is InChI=1S/C16H23N3O4/c1-12-4-6-14(7-5-12)18-15(21)10-17-16(22)11-19(13(2)20)8-9-23-3/h4-7H,8-11H2,1-3H3,(H,17,22)(H,18,21). The summed E-state index contributed by atoms with van der Waals surface area (Å²) in [4.78, 5) is 36.3. The van der Waals surface area contributed by atoms with E-state index in [0.29, 0.717) is 18.8 Å². The molecule has 0 aliphatic heterocycles. The molecular weight excluding hydrogens is 298 g/mol. The summed E-state index contributed by atoms with van der Waals surface area (Å²) in [5.41, 5.74) is 1.76. The monoisotopic (exact) mass is 321 g/mol. The maximum absolute atomic E-state index is 11.8. The number of nitrogens with one attached hydrogen (secondary N) is 2. The van der Waals surface area contributed by atoms with Gasteiger partial charge in [0.1, 0.15) is 0 Å². The smallest absolute Gasteiger partial charge is 0.243 e. The Bertz CT molecular complexity index is 543. The summed E-state index contributed by atoms with van der Waals surface area (Å²) >= 11 is 0. The molecule has 0 saturated carbocycles. The highest BCUT2D eigenvalue weighted by molar-refractivity contribution is 5.95. The third kappa shape index (κ3) is 7.42. The number of hydrogen-bond acceptors (Lipinski definition) is 4. The minimum Gasteiger partial charge on any atom is -0.383 e. The van der Waals surface area contributed by atoms with E-state index in [1.54, 1.807) is 12.1 Å². The summed E-state index contributed by atoms with van der Waals surface area (Å²) in [7, 11) is 1.52. The third-order valence-electron chi connectivity index (χ3n) is 3.13. The molecule has 0 unspecified atom stereocenters. The van der Waals surface area contributed by atoms with Gasteiger partial charge in [-0.1, -0.05) is 17.7 Å². The van der Waals surface area contributed by atoms with Crippen LogP contribution < -0.4 is 10.6 Å². The Balaban J connectivity index is 2.37. The lowest BCUT2D eigenvalue weighted by Crippen LogP contribution is -2.43. The van der Waals surface area contributed by atoms with E-state index in [2.05, 4.69) is 10.6 Å². The summed E-state index contributed by atoms with van der Waals surface area (Å²) in [6, 6.07) is 7.35. The lowest BCUT2D eigenvalue weighted by Gasteiger charge is -2.19. The topological polar surface area (TPSA) is 87.7 Å². The predicted molar refractivity (Wildman–Crippen MR) is 86.9 cm³/mol. The van der Waals surface area contributed by atoms with Crippen LogP contribution in [-0.4, -0.2) is 56.0 Å². The van der Waals surface area contributed by atoms with Crippen molar-refractivity contribution in [3.8, 4) is 0 Å². The molecule has 23 heavy (non-hydrogen) atoms. The van der Waals surface area contributed by atoms with Crippen molar-refractivity contribution in [3.05, 3.63) is 29.8 Å². The summed E-state index contributed by atoms with van der Waals surface area (Å²) in [6.07, 6.45) is 0. The predicted octanol–water partition coefficient (Wildman–Crippen LogP) is 0.545. The molecule has 7 nitrogen and oxygen atoms in total. The van der Waals surface area contributed by atoms with Crippen LogP contribution in [0.1, 0.15) is 12.5 Å². The molecule has 2 N–H and O–H groups in total. The Morgan fingerprint density at radius 3 is 2.35 bits per heavy atom. The number of hydrogen-bond donors (Lipinski definition) is 2. The van der Waals surface area contributed by atoms with Gasteiger partial charge in [-0.25, -0.2) is 0 Å². The zero-order valence-electron chi connectivity index (χ0n) is 13.7. The number of benzene rings is 1. The molecule has 3 amide bonds. The van der Waals surface area contributed by atoms with E-state index in [4.69, 9.17) is 4.74 Å². The average Bonchev–Trinajstić information content (AvgIpc) is 2.51. The van der Waals surface area contributed by atoms with Gasteiger partial charge in [0.2, 0.25) is 17.7 Å². The SMILES string of the molecule is COCCN(CC(=O)NCC(=O)Nc1ccc(C)cc1)C(C)=O. The van der Waals surface area contributed by atoms with E-state index < -0.39 is 5.91 Å². The van der Waals surface area contributed by atoms with Gasteiger partial charge in [0, 0.05) is 26.3 Å². The fourth-order valence-corrected chi connectivity index (χ4v) is 1.80. The van der Waals surface area contributed by atoms with Crippen LogP contribution >= 0.6 is 0 Å². The van der Waals surface area contributed by atoms with E-state index in [1.165, 1.54) is 18.9 Å². The van der Waals surface area contributed by atoms with Crippen molar-refractivity contribution in [2.45, 2.75) is 13.8 Å². The molecule has 1 rings (SSSR count). The van der Waals surface area contributed by atoms with Crippen LogP contribution in [0.4, 0.5) is 5.69 Å². The molecule has 0 radical (unpaired) electrons. The highest BCUT2D eigenvalue weighted by Crippen LogP contribution is 2.07. The first kappa shape index (κ1) is 18.6. The van der Waals surface area contributed by atoms with Crippen LogP contribution in [0.25, 0.3) is 0 Å². The van der Waals surface area contributed by atoms with Crippen LogP contribution in [0.15, 0.2) is 24.3 Å². The van der Waals surface area contributed by atoms with E-state index in [0.717, 1.165) is 5.56 Å². The minimum atomic E-state index is -0.393. The molecule has 0 aromatic heterocycles. The van der Waals surface area contributed by atoms with Crippen molar-refractivity contribution < 1.29 is 19.1 Å². The average molecular weight is 321 g/mol. The van der Waals surface area contributed by atoms with Gasteiger partial charge in [-0.3, -0.25) is 14.4 Å². The van der Waals surface area contributed by atoms with Gasteiger partial charge in [-0.2, -0.15) is 0 Å². The number of aryl methyl sites for hydroxylation is 1. The zero-order chi connectivity index (χ0) is 17.2. The first-order valence-corrected chi connectivity index (χ1v) is 7.30. The number of amides is 3. The fourth-order valence-electron chi connectivity index (χ4n) is 1.80. The highest BCUT2D eigenvalue weighted by atomic mass is 16.5. The maximum Gasteiger partial charge on any atom is 0.243 e. The van der Waals surface area contributed by atoms with E-state index in [1.807, 2.05) is 19.1 Å². The van der Waals surface area contributed by atoms with Gasteiger partial charge < -0.3 is 20.3 Å². The summed E-state index contributed by atoms with van der Waals surface area (Å²) in [6.45, 7) is 3.76. The second-order valence-corrected chi connectivity index (χ2v) is 5.12. The van der Waals surface area contributed by atoms with Crippen LogP contribution in [0, 0.1) is 6.92 Å². The zero-order valence-corrected chi connectivity index (χ0v) is 13.7. The minimum absolute atomic E-state index is 0.101. The number of rotatable bonds is 8. The Labute approximate surface area is 136 Å².